The molecule has 0 spiro atoms. The van der Waals surface area contributed by atoms with Crippen molar-refractivity contribution in [1.29, 1.82) is 0 Å². The largest absolute Gasteiger partial charge is 0.416 e. The Morgan fingerprint density at radius 1 is 0.895 bits per heavy atom. The summed E-state index contributed by atoms with van der Waals surface area (Å²) in [4.78, 5) is 2.25. The first-order valence-electron chi connectivity index (χ1n) is 12.7. The maximum absolute atomic E-state index is 13.2. The second-order valence-corrected chi connectivity index (χ2v) is 10.4. The molecule has 206 valence electrons. The zero-order chi connectivity index (χ0) is 27.5. The standard InChI is InChI=1S/C27H31F6N5/c1-17(2)3-12-23(19-4-8-21(9-5-19)26(28,29)30)38-14-13-18(16-25-34-36-37-35-25)15-24(38)20-6-10-22(11-7-20)27(31,32)33/h4-11,17-18,23-24H,3,12-16H2,1-2H3,(H,34,35,36,37). The number of hydrogen-bond acceptors (Lipinski definition) is 4. The van der Waals surface area contributed by atoms with Gasteiger partial charge in [0.1, 0.15) is 5.82 Å². The third-order valence-corrected chi connectivity index (χ3v) is 7.29. The molecule has 3 aromatic rings. The van der Waals surface area contributed by atoms with E-state index in [0.29, 0.717) is 31.1 Å². The molecule has 2 heterocycles. The average Bonchev–Trinajstić information content (AvgIpc) is 3.37. The zero-order valence-electron chi connectivity index (χ0n) is 21.2. The molecule has 1 N–H and O–H groups in total. The van der Waals surface area contributed by atoms with E-state index < -0.39 is 23.5 Å². The fourth-order valence-corrected chi connectivity index (χ4v) is 5.28. The van der Waals surface area contributed by atoms with Crippen molar-refractivity contribution in [2.24, 2.45) is 11.8 Å². The Morgan fingerprint density at radius 2 is 1.50 bits per heavy atom. The summed E-state index contributed by atoms with van der Waals surface area (Å²) in [5.74, 6) is 1.22. The smallest absolute Gasteiger partial charge is 0.289 e. The normalized spacial score (nSPS) is 20.1. The first-order valence-corrected chi connectivity index (χ1v) is 12.7. The molecule has 0 saturated carbocycles. The van der Waals surface area contributed by atoms with Gasteiger partial charge in [0.05, 0.1) is 11.1 Å². The molecule has 5 nitrogen and oxygen atoms in total. The maximum Gasteiger partial charge on any atom is 0.416 e. The van der Waals surface area contributed by atoms with Gasteiger partial charge in [-0.25, -0.2) is 5.10 Å². The molecule has 3 unspecified atom stereocenters. The van der Waals surface area contributed by atoms with Gasteiger partial charge in [-0.3, -0.25) is 4.90 Å². The van der Waals surface area contributed by atoms with Crippen LogP contribution in [0.15, 0.2) is 48.5 Å². The van der Waals surface area contributed by atoms with Crippen molar-refractivity contribution >= 4 is 0 Å². The van der Waals surface area contributed by atoms with Crippen LogP contribution in [0, 0.1) is 11.8 Å². The number of likely N-dealkylation sites (tertiary alicyclic amines) is 1. The first-order chi connectivity index (χ1) is 17.9. The number of halogens is 6. The molecule has 0 amide bonds. The number of hydrogen-bond donors (Lipinski definition) is 1. The summed E-state index contributed by atoms with van der Waals surface area (Å²) in [6, 6.07) is 10.1. The van der Waals surface area contributed by atoms with Crippen molar-refractivity contribution in [3.05, 3.63) is 76.6 Å². The second-order valence-electron chi connectivity index (χ2n) is 10.4. The van der Waals surface area contributed by atoms with Gasteiger partial charge in [0, 0.05) is 18.5 Å². The van der Waals surface area contributed by atoms with Crippen LogP contribution in [0.5, 0.6) is 0 Å². The van der Waals surface area contributed by atoms with Gasteiger partial charge in [-0.05, 0) is 89.9 Å². The van der Waals surface area contributed by atoms with Crippen molar-refractivity contribution in [2.45, 2.75) is 70.4 Å². The molecule has 1 saturated heterocycles. The molecular formula is C27H31F6N5. The summed E-state index contributed by atoms with van der Waals surface area (Å²) in [7, 11) is 0. The van der Waals surface area contributed by atoms with Crippen LogP contribution >= 0.6 is 0 Å². The predicted molar refractivity (Wildman–Crippen MR) is 130 cm³/mol. The van der Waals surface area contributed by atoms with Crippen LogP contribution < -0.4 is 0 Å². The van der Waals surface area contributed by atoms with Crippen molar-refractivity contribution < 1.29 is 26.3 Å². The summed E-state index contributed by atoms with van der Waals surface area (Å²) >= 11 is 0. The monoisotopic (exact) mass is 539 g/mol. The number of aromatic nitrogens is 4. The highest BCUT2D eigenvalue weighted by Crippen LogP contribution is 2.43. The number of nitrogens with one attached hydrogen (secondary N) is 1. The zero-order valence-corrected chi connectivity index (χ0v) is 21.2. The minimum atomic E-state index is -4.44. The lowest BCUT2D eigenvalue weighted by Crippen LogP contribution is -2.40. The van der Waals surface area contributed by atoms with Gasteiger partial charge in [-0.15, -0.1) is 5.10 Å². The summed E-state index contributed by atoms with van der Waals surface area (Å²) in [5.41, 5.74) is 0.0998. The quantitative estimate of drug-likeness (QED) is 0.303. The lowest BCUT2D eigenvalue weighted by Gasteiger charge is -2.45. The van der Waals surface area contributed by atoms with Crippen LogP contribution in [-0.2, 0) is 18.8 Å². The van der Waals surface area contributed by atoms with Gasteiger partial charge in [-0.1, -0.05) is 38.1 Å². The topological polar surface area (TPSA) is 57.7 Å². The number of alkyl halides is 6. The third kappa shape index (κ3) is 6.92. The number of rotatable bonds is 8. The van der Waals surface area contributed by atoms with Crippen molar-refractivity contribution in [3.63, 3.8) is 0 Å². The van der Waals surface area contributed by atoms with E-state index in [1.807, 2.05) is 0 Å². The first kappa shape index (κ1) is 28.1. The van der Waals surface area contributed by atoms with E-state index >= 15 is 0 Å². The number of nitrogens with zero attached hydrogens (tertiary/aromatic N) is 4. The Hall–Kier alpha value is -2.95. The molecule has 0 radical (unpaired) electrons. The summed E-state index contributed by atoms with van der Waals surface area (Å²) < 4.78 is 79.4. The number of aromatic amines is 1. The van der Waals surface area contributed by atoms with Crippen molar-refractivity contribution in [3.8, 4) is 0 Å². The molecule has 1 aromatic heterocycles. The highest BCUT2D eigenvalue weighted by Gasteiger charge is 2.37. The van der Waals surface area contributed by atoms with E-state index in [4.69, 9.17) is 0 Å². The molecule has 3 atom stereocenters. The number of piperidine rings is 1. The lowest BCUT2D eigenvalue weighted by atomic mass is 9.82. The average molecular weight is 540 g/mol. The van der Waals surface area contributed by atoms with E-state index in [1.165, 1.54) is 24.3 Å². The highest BCUT2D eigenvalue weighted by atomic mass is 19.4. The van der Waals surface area contributed by atoms with Crippen molar-refractivity contribution in [2.75, 3.05) is 6.54 Å². The maximum atomic E-state index is 13.2. The number of H-pyrrole nitrogens is 1. The second kappa shape index (κ2) is 11.4. The van der Waals surface area contributed by atoms with E-state index in [1.54, 1.807) is 0 Å². The summed E-state index contributed by atoms with van der Waals surface area (Å²) in [5, 5.41) is 14.0. The summed E-state index contributed by atoms with van der Waals surface area (Å²) in [6.45, 7) is 4.82. The van der Waals surface area contributed by atoms with E-state index in [9.17, 15) is 26.3 Å². The lowest BCUT2D eigenvalue weighted by molar-refractivity contribution is -0.138. The summed E-state index contributed by atoms with van der Waals surface area (Å²) in [6.07, 6.45) is -5.22. The van der Waals surface area contributed by atoms with Gasteiger partial charge in [0.25, 0.3) is 0 Å². The molecule has 0 aliphatic carbocycles. The highest BCUT2D eigenvalue weighted by molar-refractivity contribution is 5.30. The van der Waals surface area contributed by atoms with Crippen LogP contribution in [0.4, 0.5) is 26.3 Å². The van der Waals surface area contributed by atoms with Crippen LogP contribution in [0.3, 0.4) is 0 Å². The minimum absolute atomic E-state index is 0.181. The van der Waals surface area contributed by atoms with E-state index in [2.05, 4.69) is 39.4 Å². The Morgan fingerprint density at radius 3 is 2.03 bits per heavy atom. The van der Waals surface area contributed by atoms with Crippen LogP contribution in [0.25, 0.3) is 0 Å². The van der Waals surface area contributed by atoms with E-state index in [-0.39, 0.29) is 18.0 Å². The predicted octanol–water partition coefficient (Wildman–Crippen LogP) is 7.41. The fourth-order valence-electron chi connectivity index (χ4n) is 5.28. The van der Waals surface area contributed by atoms with Crippen LogP contribution in [0.1, 0.15) is 79.7 Å². The molecule has 1 aliphatic heterocycles. The van der Waals surface area contributed by atoms with Gasteiger partial charge >= 0.3 is 12.4 Å². The van der Waals surface area contributed by atoms with Crippen molar-refractivity contribution in [1.82, 2.24) is 25.5 Å². The Kier molecular flexibility index (Phi) is 8.44. The minimum Gasteiger partial charge on any atom is -0.289 e. The Bertz CT molecular complexity index is 1140. The van der Waals surface area contributed by atoms with Crippen LogP contribution in [-0.4, -0.2) is 32.1 Å². The van der Waals surface area contributed by atoms with Gasteiger partial charge in [-0.2, -0.15) is 26.3 Å². The molecule has 2 aromatic carbocycles. The fraction of sp³-hybridized carbons (Fsp3) is 0.519. The molecule has 38 heavy (non-hydrogen) atoms. The van der Waals surface area contributed by atoms with Gasteiger partial charge in [0.2, 0.25) is 0 Å². The number of tetrazole rings is 1. The third-order valence-electron chi connectivity index (χ3n) is 7.29. The molecule has 1 fully saturated rings. The van der Waals surface area contributed by atoms with Gasteiger partial charge in [0.15, 0.2) is 0 Å². The Balaban J connectivity index is 1.68. The molecule has 1 aliphatic rings. The Labute approximate surface area is 217 Å². The number of benzene rings is 2. The SMILES string of the molecule is CC(C)CCC(c1ccc(C(F)(F)F)cc1)N1CCC(Cc2nnn[nH]2)CC1c1ccc(C(F)(F)F)cc1. The molecule has 11 heteroatoms. The molecule has 4 rings (SSSR count). The molecule has 0 bridgehead atoms. The van der Waals surface area contributed by atoms with Crippen LogP contribution in [0.2, 0.25) is 0 Å². The van der Waals surface area contributed by atoms with Gasteiger partial charge < -0.3 is 0 Å². The molecular weight excluding hydrogens is 508 g/mol. The van der Waals surface area contributed by atoms with E-state index in [0.717, 1.165) is 54.7 Å².